The van der Waals surface area contributed by atoms with Gasteiger partial charge in [0.1, 0.15) is 11.7 Å². The van der Waals surface area contributed by atoms with Gasteiger partial charge in [-0.3, -0.25) is 9.59 Å². The second kappa shape index (κ2) is 8.41. The van der Waals surface area contributed by atoms with Crippen molar-refractivity contribution in [2.24, 2.45) is 5.92 Å². The van der Waals surface area contributed by atoms with Crippen molar-refractivity contribution in [2.45, 2.75) is 33.1 Å². The smallest absolute Gasteiger partial charge is 0.316 e. The van der Waals surface area contributed by atoms with Crippen molar-refractivity contribution in [1.29, 1.82) is 0 Å². The molecular formula is C11H20O4. The van der Waals surface area contributed by atoms with Crippen LogP contribution in [0.3, 0.4) is 0 Å². The third kappa shape index (κ3) is 5.52. The Kier molecular flexibility index (Phi) is 7.91. The Morgan fingerprint density at radius 2 is 1.93 bits per heavy atom. The molecule has 0 spiro atoms. The molecule has 4 nitrogen and oxygen atoms in total. The zero-order valence-electron chi connectivity index (χ0n) is 9.75. The number of carbonyl (C=O) groups excluding carboxylic acids is 2. The highest BCUT2D eigenvalue weighted by molar-refractivity contribution is 5.98. The van der Waals surface area contributed by atoms with Crippen molar-refractivity contribution in [1.82, 2.24) is 0 Å². The summed E-state index contributed by atoms with van der Waals surface area (Å²) in [5.74, 6) is -1.09. The predicted octanol–water partition coefficient (Wildman–Crippen LogP) is 1.57. The molecule has 0 saturated carbocycles. The van der Waals surface area contributed by atoms with Gasteiger partial charge in [0.2, 0.25) is 0 Å². The Labute approximate surface area is 90.9 Å². The summed E-state index contributed by atoms with van der Waals surface area (Å²) in [6.07, 6.45) is 1.63. The molecule has 0 aliphatic carbocycles. The Balaban J connectivity index is 4.23. The zero-order valence-corrected chi connectivity index (χ0v) is 9.75. The van der Waals surface area contributed by atoms with Gasteiger partial charge in [0.25, 0.3) is 0 Å². The van der Waals surface area contributed by atoms with Crippen LogP contribution in [-0.4, -0.2) is 32.1 Å². The van der Waals surface area contributed by atoms with E-state index in [4.69, 9.17) is 9.47 Å². The van der Waals surface area contributed by atoms with E-state index >= 15 is 0 Å². The van der Waals surface area contributed by atoms with E-state index in [1.54, 1.807) is 6.92 Å². The Morgan fingerprint density at radius 1 is 1.27 bits per heavy atom. The van der Waals surface area contributed by atoms with Crippen LogP contribution in [0.1, 0.15) is 33.1 Å². The molecule has 0 aliphatic heterocycles. The van der Waals surface area contributed by atoms with E-state index in [-0.39, 0.29) is 12.2 Å². The van der Waals surface area contributed by atoms with Crippen molar-refractivity contribution < 1.29 is 19.1 Å². The summed E-state index contributed by atoms with van der Waals surface area (Å²) in [7, 11) is 1.53. The van der Waals surface area contributed by atoms with Crippen molar-refractivity contribution >= 4 is 11.8 Å². The van der Waals surface area contributed by atoms with Crippen LogP contribution in [0.5, 0.6) is 0 Å². The highest BCUT2D eigenvalue weighted by Crippen LogP contribution is 2.12. The van der Waals surface area contributed by atoms with Crippen LogP contribution >= 0.6 is 0 Å². The molecule has 0 aromatic heterocycles. The number of Topliss-reactive ketones (excluding diaryl/α,β-unsaturated/α-hetero) is 1. The van der Waals surface area contributed by atoms with E-state index in [0.29, 0.717) is 19.6 Å². The normalized spacial score (nSPS) is 12.2. The molecule has 0 aromatic carbocycles. The lowest BCUT2D eigenvalue weighted by Gasteiger charge is -2.13. The maximum atomic E-state index is 11.6. The molecule has 0 amide bonds. The number of hydrogen-bond donors (Lipinski definition) is 0. The van der Waals surface area contributed by atoms with Crippen LogP contribution < -0.4 is 0 Å². The molecule has 0 saturated heterocycles. The summed E-state index contributed by atoms with van der Waals surface area (Å²) in [6.45, 7) is 4.35. The highest BCUT2D eigenvalue weighted by atomic mass is 16.5. The average Bonchev–Trinajstić information content (AvgIpc) is 2.22. The monoisotopic (exact) mass is 216 g/mol. The van der Waals surface area contributed by atoms with Gasteiger partial charge in [-0.05, 0) is 13.3 Å². The number of esters is 1. The van der Waals surface area contributed by atoms with Gasteiger partial charge < -0.3 is 9.47 Å². The maximum absolute atomic E-state index is 11.6. The lowest BCUT2D eigenvalue weighted by molar-refractivity contribution is -0.152. The molecule has 0 N–H and O–H groups in total. The first-order valence-corrected chi connectivity index (χ1v) is 5.35. The van der Waals surface area contributed by atoms with Gasteiger partial charge in [0.05, 0.1) is 13.2 Å². The summed E-state index contributed by atoms with van der Waals surface area (Å²) in [5.41, 5.74) is 0. The van der Waals surface area contributed by atoms with Crippen molar-refractivity contribution in [2.75, 3.05) is 20.3 Å². The minimum Gasteiger partial charge on any atom is -0.465 e. The first kappa shape index (κ1) is 14.1. The summed E-state index contributed by atoms with van der Waals surface area (Å²) < 4.78 is 9.66. The van der Waals surface area contributed by atoms with Crippen LogP contribution in [0.15, 0.2) is 0 Å². The van der Waals surface area contributed by atoms with E-state index in [9.17, 15) is 9.59 Å². The SMILES string of the molecule is CCCC(C(=O)CCOC)C(=O)OCC. The van der Waals surface area contributed by atoms with Gasteiger partial charge in [0, 0.05) is 13.5 Å². The van der Waals surface area contributed by atoms with Crippen molar-refractivity contribution in [3.05, 3.63) is 0 Å². The summed E-state index contributed by atoms with van der Waals surface area (Å²) >= 11 is 0. The lowest BCUT2D eigenvalue weighted by Crippen LogP contribution is -2.26. The van der Waals surface area contributed by atoms with Gasteiger partial charge in [-0.15, -0.1) is 0 Å². The van der Waals surface area contributed by atoms with Gasteiger partial charge in [-0.1, -0.05) is 13.3 Å². The van der Waals surface area contributed by atoms with Crippen LogP contribution in [0.4, 0.5) is 0 Å². The summed E-state index contributed by atoms with van der Waals surface area (Å²) in [6, 6.07) is 0. The fourth-order valence-corrected chi connectivity index (χ4v) is 1.32. The Morgan fingerprint density at radius 3 is 2.40 bits per heavy atom. The lowest BCUT2D eigenvalue weighted by atomic mass is 9.97. The Bertz CT molecular complexity index is 201. The Hall–Kier alpha value is -0.900. The minimum absolute atomic E-state index is 0.0860. The molecule has 0 fully saturated rings. The molecule has 0 aromatic rings. The number of rotatable bonds is 8. The highest BCUT2D eigenvalue weighted by Gasteiger charge is 2.26. The first-order valence-electron chi connectivity index (χ1n) is 5.35. The van der Waals surface area contributed by atoms with E-state index in [2.05, 4.69) is 0 Å². The number of carbonyl (C=O) groups is 2. The van der Waals surface area contributed by atoms with E-state index < -0.39 is 11.9 Å². The first-order chi connectivity index (χ1) is 7.17. The molecule has 15 heavy (non-hydrogen) atoms. The molecule has 0 rings (SSSR count). The summed E-state index contributed by atoms with van der Waals surface area (Å²) in [5, 5.41) is 0. The third-order valence-corrected chi connectivity index (χ3v) is 2.09. The van der Waals surface area contributed by atoms with Crippen molar-refractivity contribution in [3.63, 3.8) is 0 Å². The predicted molar refractivity (Wildman–Crippen MR) is 56.5 cm³/mol. The number of ether oxygens (including phenoxy) is 2. The number of ketones is 1. The fraction of sp³-hybridized carbons (Fsp3) is 0.818. The molecule has 0 aliphatic rings. The molecule has 0 radical (unpaired) electrons. The number of methoxy groups -OCH3 is 1. The molecule has 1 unspecified atom stereocenters. The molecule has 0 bridgehead atoms. The topological polar surface area (TPSA) is 52.6 Å². The van der Waals surface area contributed by atoms with Crippen LogP contribution in [0.25, 0.3) is 0 Å². The van der Waals surface area contributed by atoms with Crippen LogP contribution in [0, 0.1) is 5.92 Å². The second-order valence-electron chi connectivity index (χ2n) is 3.30. The fourth-order valence-electron chi connectivity index (χ4n) is 1.32. The van der Waals surface area contributed by atoms with E-state index in [0.717, 1.165) is 6.42 Å². The van der Waals surface area contributed by atoms with Gasteiger partial charge in [-0.25, -0.2) is 0 Å². The average molecular weight is 216 g/mol. The van der Waals surface area contributed by atoms with Gasteiger partial charge in [0.15, 0.2) is 0 Å². The summed E-state index contributed by atoms with van der Waals surface area (Å²) in [4.78, 5) is 23.1. The van der Waals surface area contributed by atoms with E-state index in [1.165, 1.54) is 7.11 Å². The second-order valence-corrected chi connectivity index (χ2v) is 3.30. The van der Waals surface area contributed by atoms with Gasteiger partial charge in [-0.2, -0.15) is 0 Å². The van der Waals surface area contributed by atoms with Crippen molar-refractivity contribution in [3.8, 4) is 0 Å². The maximum Gasteiger partial charge on any atom is 0.316 e. The van der Waals surface area contributed by atoms with Crippen LogP contribution in [-0.2, 0) is 19.1 Å². The quantitative estimate of drug-likeness (QED) is 0.456. The van der Waals surface area contributed by atoms with Gasteiger partial charge >= 0.3 is 5.97 Å². The number of hydrogen-bond acceptors (Lipinski definition) is 4. The van der Waals surface area contributed by atoms with Crippen LogP contribution in [0.2, 0.25) is 0 Å². The molecule has 0 heterocycles. The largest absolute Gasteiger partial charge is 0.465 e. The third-order valence-electron chi connectivity index (χ3n) is 2.09. The molecule has 88 valence electrons. The van der Waals surface area contributed by atoms with E-state index in [1.807, 2.05) is 6.92 Å². The molecular weight excluding hydrogens is 196 g/mol. The zero-order chi connectivity index (χ0) is 11.7. The molecule has 4 heteroatoms. The molecule has 1 atom stereocenters. The standard InChI is InChI=1S/C11H20O4/c1-4-6-9(11(13)15-5-2)10(12)7-8-14-3/h9H,4-8H2,1-3H3. The minimum atomic E-state index is -0.606.